The van der Waals surface area contributed by atoms with Crippen LogP contribution in [-0.4, -0.2) is 35.3 Å². The van der Waals surface area contributed by atoms with Gasteiger partial charge in [-0.2, -0.15) is 4.98 Å². The minimum absolute atomic E-state index is 0.358. The van der Waals surface area contributed by atoms with Gasteiger partial charge < -0.3 is 14.0 Å². The Morgan fingerprint density at radius 2 is 1.96 bits per heavy atom. The summed E-state index contributed by atoms with van der Waals surface area (Å²) in [5.41, 5.74) is 2.15. The van der Waals surface area contributed by atoms with Gasteiger partial charge in [-0.05, 0) is 56.1 Å². The van der Waals surface area contributed by atoms with Crippen LogP contribution in [-0.2, 0) is 6.54 Å². The molecular weight excluding hydrogens is 354 g/mol. The minimum atomic E-state index is 0.358. The summed E-state index contributed by atoms with van der Waals surface area (Å²) in [6.07, 6.45) is 2.28. The van der Waals surface area contributed by atoms with Crippen molar-refractivity contribution in [2.24, 2.45) is 0 Å². The molecule has 0 saturated carbocycles. The van der Waals surface area contributed by atoms with Gasteiger partial charge in [-0.1, -0.05) is 29.4 Å². The van der Waals surface area contributed by atoms with Crippen molar-refractivity contribution in [1.29, 1.82) is 0 Å². The summed E-state index contributed by atoms with van der Waals surface area (Å²) in [6.45, 7) is 4.22. The Morgan fingerprint density at radius 1 is 1.14 bits per heavy atom. The molecule has 1 aromatic heterocycles. The summed E-state index contributed by atoms with van der Waals surface area (Å²) < 4.78 is 16.5. The van der Waals surface area contributed by atoms with Crippen LogP contribution >= 0.6 is 0 Å². The molecule has 1 aliphatic rings. The van der Waals surface area contributed by atoms with E-state index in [4.69, 9.17) is 14.0 Å². The Kier molecular flexibility index (Phi) is 5.58. The number of rotatable bonds is 7. The lowest BCUT2D eigenvalue weighted by atomic mass is 10.0. The lowest BCUT2D eigenvalue weighted by Crippen LogP contribution is -2.22. The molecule has 0 N–H and O–H groups in total. The molecule has 1 fully saturated rings. The second-order valence-electron chi connectivity index (χ2n) is 6.84. The highest BCUT2D eigenvalue weighted by atomic mass is 16.5. The van der Waals surface area contributed by atoms with Gasteiger partial charge in [0.15, 0.2) is 0 Å². The molecule has 0 bridgehead atoms. The lowest BCUT2D eigenvalue weighted by Gasteiger charge is -2.23. The fraction of sp³-hybridized carbons (Fsp3) is 0.364. The van der Waals surface area contributed by atoms with E-state index >= 15 is 0 Å². The van der Waals surface area contributed by atoms with E-state index in [1.807, 2.05) is 43.3 Å². The Bertz CT molecular complexity index is 907. The highest BCUT2D eigenvalue weighted by Crippen LogP contribution is 2.34. The number of likely N-dealkylation sites (tertiary alicyclic amines) is 1. The maximum atomic E-state index is 5.69. The molecule has 146 valence electrons. The fourth-order valence-corrected chi connectivity index (χ4v) is 3.75. The average molecular weight is 379 g/mol. The summed E-state index contributed by atoms with van der Waals surface area (Å²) in [5, 5.41) is 4.18. The summed E-state index contributed by atoms with van der Waals surface area (Å²) in [6, 6.07) is 16.4. The van der Waals surface area contributed by atoms with Crippen molar-refractivity contribution in [3.8, 4) is 22.9 Å². The Morgan fingerprint density at radius 3 is 2.75 bits per heavy atom. The Balaban J connectivity index is 1.50. The van der Waals surface area contributed by atoms with Crippen LogP contribution in [0.4, 0.5) is 0 Å². The average Bonchev–Trinajstić information content (AvgIpc) is 3.39. The van der Waals surface area contributed by atoms with Crippen LogP contribution < -0.4 is 9.47 Å². The van der Waals surface area contributed by atoms with Crippen molar-refractivity contribution in [3.63, 3.8) is 0 Å². The molecule has 1 saturated heterocycles. The van der Waals surface area contributed by atoms with E-state index in [9.17, 15) is 0 Å². The summed E-state index contributed by atoms with van der Waals surface area (Å²) in [4.78, 5) is 7.02. The monoisotopic (exact) mass is 379 g/mol. The first-order chi connectivity index (χ1) is 13.8. The zero-order valence-electron chi connectivity index (χ0n) is 16.3. The number of ether oxygens (including phenoxy) is 2. The molecule has 0 radical (unpaired) electrons. The van der Waals surface area contributed by atoms with Crippen LogP contribution in [0.5, 0.6) is 11.5 Å². The zero-order chi connectivity index (χ0) is 19.3. The first-order valence-electron chi connectivity index (χ1n) is 9.71. The van der Waals surface area contributed by atoms with Gasteiger partial charge in [-0.25, -0.2) is 0 Å². The van der Waals surface area contributed by atoms with Gasteiger partial charge in [0.1, 0.15) is 11.5 Å². The maximum absolute atomic E-state index is 5.69. The van der Waals surface area contributed by atoms with Gasteiger partial charge in [0.2, 0.25) is 11.7 Å². The first-order valence-corrected chi connectivity index (χ1v) is 9.71. The number of hydrogen-bond donors (Lipinski definition) is 0. The third kappa shape index (κ3) is 3.87. The van der Waals surface area contributed by atoms with E-state index in [1.165, 1.54) is 5.56 Å². The maximum Gasteiger partial charge on any atom is 0.241 e. The summed E-state index contributed by atoms with van der Waals surface area (Å²) >= 11 is 0. The van der Waals surface area contributed by atoms with Crippen LogP contribution in [0, 0.1) is 0 Å². The second-order valence-corrected chi connectivity index (χ2v) is 6.84. The van der Waals surface area contributed by atoms with E-state index in [-0.39, 0.29) is 0 Å². The van der Waals surface area contributed by atoms with Crippen molar-refractivity contribution in [2.75, 3.05) is 20.3 Å². The number of benzene rings is 2. The molecule has 0 unspecified atom stereocenters. The number of hydrogen-bond acceptors (Lipinski definition) is 6. The summed E-state index contributed by atoms with van der Waals surface area (Å²) in [7, 11) is 1.69. The molecule has 4 rings (SSSR count). The number of para-hydroxylation sites is 1. The zero-order valence-corrected chi connectivity index (χ0v) is 16.3. The fourth-order valence-electron chi connectivity index (χ4n) is 3.75. The molecule has 2 aromatic carbocycles. The summed E-state index contributed by atoms with van der Waals surface area (Å²) in [5.74, 6) is 2.85. The first kappa shape index (κ1) is 18.5. The van der Waals surface area contributed by atoms with Gasteiger partial charge in [-0.15, -0.1) is 0 Å². The molecule has 1 aliphatic heterocycles. The highest BCUT2D eigenvalue weighted by molar-refractivity contribution is 5.63. The largest absolute Gasteiger partial charge is 0.497 e. The smallest absolute Gasteiger partial charge is 0.241 e. The Hall–Kier alpha value is -2.86. The minimum Gasteiger partial charge on any atom is -0.497 e. The lowest BCUT2D eigenvalue weighted by molar-refractivity contribution is 0.212. The highest BCUT2D eigenvalue weighted by Gasteiger charge is 2.28. The number of nitrogens with zero attached hydrogens (tertiary/aromatic N) is 3. The molecule has 3 aromatic rings. The van der Waals surface area contributed by atoms with Crippen LogP contribution in [0.15, 0.2) is 53.1 Å². The van der Waals surface area contributed by atoms with Gasteiger partial charge in [0, 0.05) is 6.04 Å². The van der Waals surface area contributed by atoms with Crippen molar-refractivity contribution in [3.05, 3.63) is 60.0 Å². The molecule has 28 heavy (non-hydrogen) atoms. The molecular formula is C22H25N3O3. The number of methoxy groups -OCH3 is 1. The van der Waals surface area contributed by atoms with E-state index in [0.717, 1.165) is 36.4 Å². The Labute approximate surface area is 165 Å². The molecule has 0 spiro atoms. The van der Waals surface area contributed by atoms with Gasteiger partial charge in [0.25, 0.3) is 0 Å². The van der Waals surface area contributed by atoms with Gasteiger partial charge >= 0.3 is 0 Å². The predicted molar refractivity (Wildman–Crippen MR) is 106 cm³/mol. The van der Waals surface area contributed by atoms with E-state index in [0.29, 0.717) is 30.9 Å². The van der Waals surface area contributed by atoms with Crippen molar-refractivity contribution in [1.82, 2.24) is 15.0 Å². The van der Waals surface area contributed by atoms with E-state index in [1.54, 1.807) is 7.11 Å². The predicted octanol–water partition coefficient (Wildman–Crippen LogP) is 4.48. The number of aromatic nitrogens is 2. The van der Waals surface area contributed by atoms with E-state index in [2.05, 4.69) is 27.2 Å². The van der Waals surface area contributed by atoms with Crippen LogP contribution in [0.2, 0.25) is 0 Å². The third-order valence-corrected chi connectivity index (χ3v) is 5.10. The molecule has 6 nitrogen and oxygen atoms in total. The van der Waals surface area contributed by atoms with Crippen LogP contribution in [0.3, 0.4) is 0 Å². The van der Waals surface area contributed by atoms with Crippen molar-refractivity contribution >= 4 is 0 Å². The topological polar surface area (TPSA) is 60.6 Å². The quantitative estimate of drug-likeness (QED) is 0.603. The van der Waals surface area contributed by atoms with Crippen molar-refractivity contribution < 1.29 is 14.0 Å². The SMILES string of the molecule is CCOc1ccccc1-c1noc(CN2CCC[C@H]2c2ccc(OC)cc2)n1. The molecule has 6 heteroatoms. The molecule has 2 heterocycles. The van der Waals surface area contributed by atoms with Gasteiger partial charge in [0.05, 0.1) is 25.8 Å². The normalized spacial score (nSPS) is 17.0. The van der Waals surface area contributed by atoms with Crippen LogP contribution in [0.1, 0.15) is 37.3 Å². The van der Waals surface area contributed by atoms with Crippen LogP contribution in [0.25, 0.3) is 11.4 Å². The second kappa shape index (κ2) is 8.44. The third-order valence-electron chi connectivity index (χ3n) is 5.10. The molecule has 0 amide bonds. The van der Waals surface area contributed by atoms with Gasteiger partial charge in [-0.3, -0.25) is 4.90 Å². The molecule has 1 atom stereocenters. The molecule has 0 aliphatic carbocycles. The van der Waals surface area contributed by atoms with E-state index < -0.39 is 0 Å². The standard InChI is InChI=1S/C22H25N3O3/c1-3-27-20-9-5-4-7-18(20)22-23-21(28-24-22)15-25-14-6-8-19(25)16-10-12-17(26-2)13-11-16/h4-5,7,9-13,19H,3,6,8,14-15H2,1-2H3/t19-/m0/s1. The van der Waals surface area contributed by atoms with Crippen molar-refractivity contribution in [2.45, 2.75) is 32.4 Å².